The Kier molecular flexibility index (Phi) is 1.44. The largest absolute Gasteiger partial charge is 0.141 e. The van der Waals surface area contributed by atoms with Crippen LogP contribution in [-0.4, -0.2) is 0 Å². The Labute approximate surface area is 96.0 Å². The van der Waals surface area contributed by atoms with E-state index in [1.807, 2.05) is 45.3 Å². The molecule has 0 fully saturated rings. The molecule has 0 atom stereocenters. The van der Waals surface area contributed by atoms with Crippen molar-refractivity contribution < 1.29 is 0 Å². The molecule has 0 N–H and O–H groups in total. The van der Waals surface area contributed by atoms with Gasteiger partial charge in [0.2, 0.25) is 0 Å². The lowest BCUT2D eigenvalue weighted by atomic mass is 10.4. The standard InChI is InChI=1S/C10H4S4/c1-3-12-10-5(1)7-9(14-10)8-6(13-7)2-4-11-8/h1-4H. The zero-order valence-corrected chi connectivity index (χ0v) is 10.2. The smallest absolute Gasteiger partial charge is 0.0886 e. The van der Waals surface area contributed by atoms with Gasteiger partial charge >= 0.3 is 0 Å². The molecule has 0 aliphatic rings. The molecule has 0 aliphatic carbocycles. The third-order valence-electron chi connectivity index (χ3n) is 2.32. The van der Waals surface area contributed by atoms with Crippen LogP contribution in [0.4, 0.5) is 0 Å². The molecule has 0 amide bonds. The van der Waals surface area contributed by atoms with E-state index in [0.29, 0.717) is 0 Å². The third kappa shape index (κ3) is 0.827. The molecule has 0 spiro atoms. The second-order valence-electron chi connectivity index (χ2n) is 3.10. The molecule has 0 bridgehead atoms. The van der Waals surface area contributed by atoms with Crippen LogP contribution in [0, 0.1) is 0 Å². The highest BCUT2D eigenvalue weighted by molar-refractivity contribution is 7.47. The number of hydrogen-bond acceptors (Lipinski definition) is 4. The zero-order chi connectivity index (χ0) is 9.12. The van der Waals surface area contributed by atoms with Gasteiger partial charge in [0.05, 0.1) is 18.1 Å². The number of hydrogen-bond donors (Lipinski definition) is 0. The van der Waals surface area contributed by atoms with Crippen LogP contribution in [0.15, 0.2) is 22.9 Å². The molecular formula is C10H4S4. The van der Waals surface area contributed by atoms with Crippen molar-refractivity contribution in [3.8, 4) is 0 Å². The first-order chi connectivity index (χ1) is 6.93. The van der Waals surface area contributed by atoms with Gasteiger partial charge in [-0.25, -0.2) is 0 Å². The molecule has 0 aliphatic heterocycles. The van der Waals surface area contributed by atoms with E-state index in [4.69, 9.17) is 0 Å². The molecule has 14 heavy (non-hydrogen) atoms. The van der Waals surface area contributed by atoms with Crippen molar-refractivity contribution in [2.24, 2.45) is 0 Å². The molecule has 4 heteroatoms. The summed E-state index contributed by atoms with van der Waals surface area (Å²) in [5.74, 6) is 0. The lowest BCUT2D eigenvalue weighted by molar-refractivity contribution is 2.23. The van der Waals surface area contributed by atoms with Crippen molar-refractivity contribution in [3.05, 3.63) is 22.9 Å². The second-order valence-corrected chi connectivity index (χ2v) is 7.26. The Morgan fingerprint density at radius 2 is 1.71 bits per heavy atom. The number of rotatable bonds is 0. The first-order valence-corrected chi connectivity index (χ1v) is 7.58. The first kappa shape index (κ1) is 7.82. The van der Waals surface area contributed by atoms with Crippen LogP contribution in [0.5, 0.6) is 0 Å². The quantitative estimate of drug-likeness (QED) is 0.393. The van der Waals surface area contributed by atoms with Crippen LogP contribution in [0.2, 0.25) is 0 Å². The van der Waals surface area contributed by atoms with Gasteiger partial charge in [-0.05, 0) is 22.9 Å². The van der Waals surface area contributed by atoms with E-state index in [2.05, 4.69) is 22.9 Å². The third-order valence-corrected chi connectivity index (χ3v) is 7.09. The molecule has 4 aromatic heterocycles. The molecule has 0 radical (unpaired) electrons. The molecule has 0 unspecified atom stereocenters. The summed E-state index contributed by atoms with van der Waals surface area (Å²) in [4.78, 5) is 0. The van der Waals surface area contributed by atoms with Gasteiger partial charge in [0.1, 0.15) is 0 Å². The van der Waals surface area contributed by atoms with Gasteiger partial charge in [0, 0.05) is 10.1 Å². The number of fused-ring (bicyclic) bond motifs is 5. The van der Waals surface area contributed by atoms with Crippen LogP contribution in [0.25, 0.3) is 28.2 Å². The summed E-state index contributed by atoms with van der Waals surface area (Å²) in [5.41, 5.74) is 0. The first-order valence-electron chi connectivity index (χ1n) is 4.19. The number of thiophene rings is 4. The van der Waals surface area contributed by atoms with Gasteiger partial charge in [-0.1, -0.05) is 0 Å². The van der Waals surface area contributed by atoms with Crippen molar-refractivity contribution in [3.63, 3.8) is 0 Å². The van der Waals surface area contributed by atoms with Crippen molar-refractivity contribution in [1.29, 1.82) is 0 Å². The summed E-state index contributed by atoms with van der Waals surface area (Å²) in [6.07, 6.45) is 0. The topological polar surface area (TPSA) is 0 Å². The zero-order valence-electron chi connectivity index (χ0n) is 6.94. The monoisotopic (exact) mass is 252 g/mol. The van der Waals surface area contributed by atoms with Crippen LogP contribution >= 0.6 is 45.3 Å². The van der Waals surface area contributed by atoms with Gasteiger partial charge < -0.3 is 0 Å². The van der Waals surface area contributed by atoms with E-state index in [1.165, 1.54) is 28.2 Å². The van der Waals surface area contributed by atoms with Crippen LogP contribution in [0.3, 0.4) is 0 Å². The van der Waals surface area contributed by atoms with E-state index in [1.54, 1.807) is 0 Å². The summed E-state index contributed by atoms with van der Waals surface area (Å²) in [6, 6.07) is 4.48. The highest BCUT2D eigenvalue weighted by Gasteiger charge is 2.12. The molecule has 4 heterocycles. The highest BCUT2D eigenvalue weighted by atomic mass is 32.2. The van der Waals surface area contributed by atoms with E-state index in [9.17, 15) is 0 Å². The Bertz CT molecular complexity index is 669. The lowest BCUT2D eigenvalue weighted by Crippen LogP contribution is -1.44. The van der Waals surface area contributed by atoms with Gasteiger partial charge in [0.25, 0.3) is 0 Å². The van der Waals surface area contributed by atoms with Crippen molar-refractivity contribution in [2.75, 3.05) is 0 Å². The summed E-state index contributed by atoms with van der Waals surface area (Å²) in [7, 11) is 0. The Morgan fingerprint density at radius 3 is 2.71 bits per heavy atom. The van der Waals surface area contributed by atoms with E-state index >= 15 is 0 Å². The maximum Gasteiger partial charge on any atom is 0.0886 e. The Morgan fingerprint density at radius 1 is 0.786 bits per heavy atom. The van der Waals surface area contributed by atoms with E-state index < -0.39 is 0 Å². The molecular weight excluding hydrogens is 248 g/mol. The molecule has 0 nitrogen and oxygen atoms in total. The Hall–Kier alpha value is -0.420. The molecule has 0 saturated carbocycles. The minimum atomic E-state index is 1.45. The Balaban J connectivity index is 2.43. The summed E-state index contributed by atoms with van der Waals surface area (Å²) in [5, 5.41) is 5.84. The fourth-order valence-electron chi connectivity index (χ4n) is 1.71. The van der Waals surface area contributed by atoms with Crippen molar-refractivity contribution in [1.82, 2.24) is 0 Å². The fraction of sp³-hybridized carbons (Fsp3) is 0. The maximum atomic E-state index is 2.25. The van der Waals surface area contributed by atoms with Gasteiger partial charge in [0.15, 0.2) is 0 Å². The normalized spacial score (nSPS) is 12.3. The average molecular weight is 252 g/mol. The summed E-state index contributed by atoms with van der Waals surface area (Å²) in [6.45, 7) is 0. The summed E-state index contributed by atoms with van der Waals surface area (Å²) >= 11 is 7.61. The van der Waals surface area contributed by atoms with E-state index in [-0.39, 0.29) is 0 Å². The second kappa shape index (κ2) is 2.58. The van der Waals surface area contributed by atoms with Gasteiger partial charge in [-0.2, -0.15) is 0 Å². The molecule has 0 saturated heterocycles. The maximum absolute atomic E-state index is 2.25. The van der Waals surface area contributed by atoms with Crippen LogP contribution in [-0.2, 0) is 0 Å². The van der Waals surface area contributed by atoms with Gasteiger partial charge in [-0.3, -0.25) is 0 Å². The SMILES string of the molecule is c1cc2c(s1)sc1c3sccc3sc21. The van der Waals surface area contributed by atoms with E-state index in [0.717, 1.165) is 0 Å². The molecule has 68 valence electrons. The van der Waals surface area contributed by atoms with Crippen molar-refractivity contribution >= 4 is 73.5 Å². The van der Waals surface area contributed by atoms with Crippen LogP contribution in [0.1, 0.15) is 0 Å². The van der Waals surface area contributed by atoms with Gasteiger partial charge in [-0.15, -0.1) is 45.3 Å². The van der Waals surface area contributed by atoms with Crippen LogP contribution < -0.4 is 0 Å². The fourth-order valence-corrected chi connectivity index (χ4v) is 6.71. The average Bonchev–Trinajstić information content (AvgIpc) is 2.80. The molecule has 0 aromatic carbocycles. The minimum absolute atomic E-state index is 1.45. The highest BCUT2D eigenvalue weighted by Crippen LogP contribution is 2.47. The minimum Gasteiger partial charge on any atom is -0.141 e. The molecule has 4 rings (SSSR count). The molecule has 4 aromatic rings. The predicted molar refractivity (Wildman–Crippen MR) is 70.5 cm³/mol. The summed E-state index contributed by atoms with van der Waals surface area (Å²) < 4.78 is 7.40. The van der Waals surface area contributed by atoms with Crippen molar-refractivity contribution in [2.45, 2.75) is 0 Å². The predicted octanol–water partition coefficient (Wildman–Crippen LogP) is 5.39. The lowest BCUT2D eigenvalue weighted by Gasteiger charge is -1.73.